The summed E-state index contributed by atoms with van der Waals surface area (Å²) < 4.78 is 37.5. The molecule has 0 radical (unpaired) electrons. The smallest absolute Gasteiger partial charge is 0.387 e. The van der Waals surface area contributed by atoms with Gasteiger partial charge in [0.15, 0.2) is 0 Å². The zero-order chi connectivity index (χ0) is 13.8. The highest BCUT2D eigenvalue weighted by Crippen LogP contribution is 2.30. The highest BCUT2D eigenvalue weighted by atomic mass is 35.5. The van der Waals surface area contributed by atoms with Crippen LogP contribution >= 0.6 is 23.4 Å². The van der Waals surface area contributed by atoms with E-state index < -0.39 is 17.9 Å². The van der Waals surface area contributed by atoms with Crippen molar-refractivity contribution in [3.05, 3.63) is 34.9 Å². The van der Waals surface area contributed by atoms with Gasteiger partial charge in [-0.2, -0.15) is 24.9 Å². The van der Waals surface area contributed by atoms with Crippen LogP contribution in [0, 0.1) is 11.3 Å². The highest BCUT2D eigenvalue weighted by Gasteiger charge is 2.41. The molecule has 1 rings (SSSR count). The molecule has 0 spiro atoms. The molecule has 0 saturated carbocycles. The lowest BCUT2D eigenvalue weighted by atomic mass is 10.1. The molecule has 0 saturated heterocycles. The van der Waals surface area contributed by atoms with Crippen LogP contribution in [0.3, 0.4) is 0 Å². The van der Waals surface area contributed by atoms with E-state index in [2.05, 4.69) is 0 Å². The van der Waals surface area contributed by atoms with E-state index in [9.17, 15) is 13.2 Å². The van der Waals surface area contributed by atoms with Gasteiger partial charge in [0.1, 0.15) is 11.8 Å². The fourth-order valence-corrected chi connectivity index (χ4v) is 2.74. The fraction of sp³-hybridized carbons (Fsp3) is 0.364. The van der Waals surface area contributed by atoms with Gasteiger partial charge in [-0.1, -0.05) is 29.8 Å². The van der Waals surface area contributed by atoms with Crippen LogP contribution in [0.2, 0.25) is 5.02 Å². The van der Waals surface area contributed by atoms with Gasteiger partial charge >= 0.3 is 6.18 Å². The van der Waals surface area contributed by atoms with E-state index in [4.69, 9.17) is 22.7 Å². The molecular formula is C11H12ClF3N2S. The molecule has 1 aromatic rings. The summed E-state index contributed by atoms with van der Waals surface area (Å²) in [6.07, 6.45) is -4.47. The second-order valence-electron chi connectivity index (χ2n) is 3.66. The first-order chi connectivity index (χ1) is 8.32. The third kappa shape index (κ3) is 4.42. The summed E-state index contributed by atoms with van der Waals surface area (Å²) in [6.45, 7) is 0. The summed E-state index contributed by atoms with van der Waals surface area (Å²) in [4.78, 5) is 0. The molecular weight excluding hydrogens is 285 g/mol. The van der Waals surface area contributed by atoms with Gasteiger partial charge in [-0.3, -0.25) is 5.41 Å². The van der Waals surface area contributed by atoms with E-state index in [1.807, 2.05) is 0 Å². The molecule has 0 heterocycles. The maximum atomic E-state index is 12.5. The van der Waals surface area contributed by atoms with Gasteiger partial charge in [0.2, 0.25) is 0 Å². The van der Waals surface area contributed by atoms with E-state index in [0.29, 0.717) is 10.8 Å². The molecule has 0 aliphatic heterocycles. The molecule has 3 N–H and O–H groups in total. The van der Waals surface area contributed by atoms with Crippen molar-refractivity contribution in [1.29, 1.82) is 5.41 Å². The predicted octanol–water partition coefficient (Wildman–Crippen LogP) is 3.69. The number of amidine groups is 1. The molecule has 0 fully saturated rings. The number of nitrogens with two attached hydrogens (primary N) is 1. The van der Waals surface area contributed by atoms with E-state index >= 15 is 0 Å². The molecule has 1 unspecified atom stereocenters. The van der Waals surface area contributed by atoms with Crippen LogP contribution < -0.4 is 5.73 Å². The Morgan fingerprint density at radius 1 is 1.39 bits per heavy atom. The lowest BCUT2D eigenvalue weighted by molar-refractivity contribution is -0.150. The Kier molecular flexibility index (Phi) is 5.34. The first-order valence-electron chi connectivity index (χ1n) is 5.04. The summed E-state index contributed by atoms with van der Waals surface area (Å²) in [5.41, 5.74) is 5.73. The Labute approximate surface area is 112 Å². The number of hydrogen-bond acceptors (Lipinski definition) is 2. The van der Waals surface area contributed by atoms with Crippen molar-refractivity contribution in [2.24, 2.45) is 11.7 Å². The molecule has 0 bridgehead atoms. The monoisotopic (exact) mass is 296 g/mol. The molecule has 0 aromatic heterocycles. The zero-order valence-corrected chi connectivity index (χ0v) is 10.9. The number of hydrogen-bond donors (Lipinski definition) is 2. The molecule has 0 aliphatic rings. The number of rotatable bonds is 5. The van der Waals surface area contributed by atoms with Gasteiger partial charge in [0.05, 0.1) is 0 Å². The topological polar surface area (TPSA) is 49.9 Å². The average Bonchev–Trinajstić information content (AvgIpc) is 2.24. The summed E-state index contributed by atoms with van der Waals surface area (Å²) in [7, 11) is 0. The van der Waals surface area contributed by atoms with Gasteiger partial charge in [-0.15, -0.1) is 0 Å². The molecule has 7 heteroatoms. The van der Waals surface area contributed by atoms with Crippen molar-refractivity contribution in [3.63, 3.8) is 0 Å². The quantitative estimate of drug-likeness (QED) is 0.643. The molecule has 1 atom stereocenters. The zero-order valence-electron chi connectivity index (χ0n) is 9.30. The van der Waals surface area contributed by atoms with Crippen molar-refractivity contribution in [1.82, 2.24) is 0 Å². The molecule has 0 amide bonds. The largest absolute Gasteiger partial charge is 0.399 e. The average molecular weight is 297 g/mol. The Bertz CT molecular complexity index is 423. The van der Waals surface area contributed by atoms with Crippen LogP contribution in [0.5, 0.6) is 0 Å². The molecule has 100 valence electrons. The normalized spacial score (nSPS) is 13.3. The number of halogens is 4. The van der Waals surface area contributed by atoms with Gasteiger partial charge in [0, 0.05) is 16.5 Å². The van der Waals surface area contributed by atoms with Gasteiger partial charge in [-0.05, 0) is 11.6 Å². The molecule has 18 heavy (non-hydrogen) atoms. The van der Waals surface area contributed by atoms with Gasteiger partial charge in [-0.25, -0.2) is 0 Å². The van der Waals surface area contributed by atoms with E-state index in [1.165, 1.54) is 0 Å². The Hall–Kier alpha value is -0.880. The maximum Gasteiger partial charge on any atom is 0.399 e. The van der Waals surface area contributed by atoms with Crippen LogP contribution in [0.4, 0.5) is 13.2 Å². The van der Waals surface area contributed by atoms with Crippen LogP contribution in [-0.2, 0) is 5.75 Å². The van der Waals surface area contributed by atoms with E-state index in [1.54, 1.807) is 24.3 Å². The van der Waals surface area contributed by atoms with Crippen molar-refractivity contribution in [3.8, 4) is 0 Å². The minimum atomic E-state index is -4.47. The number of alkyl halides is 3. The van der Waals surface area contributed by atoms with Crippen molar-refractivity contribution < 1.29 is 13.2 Å². The Morgan fingerprint density at radius 2 is 2.00 bits per heavy atom. The third-order valence-corrected chi connectivity index (χ3v) is 3.72. The number of nitrogens with one attached hydrogen (secondary N) is 1. The SMILES string of the molecule is N=C(N)C(CSCc1ccccc1Cl)C(F)(F)F. The van der Waals surface area contributed by atoms with Gasteiger partial charge < -0.3 is 5.73 Å². The summed E-state index contributed by atoms with van der Waals surface area (Å²) in [5.74, 6) is -2.66. The van der Waals surface area contributed by atoms with Crippen molar-refractivity contribution in [2.75, 3.05) is 5.75 Å². The lowest BCUT2D eigenvalue weighted by Crippen LogP contribution is -2.37. The van der Waals surface area contributed by atoms with Crippen LogP contribution in [0.25, 0.3) is 0 Å². The molecule has 0 aliphatic carbocycles. The van der Waals surface area contributed by atoms with Crippen LogP contribution in [0.1, 0.15) is 5.56 Å². The second kappa shape index (κ2) is 6.33. The Morgan fingerprint density at radius 3 is 2.50 bits per heavy atom. The lowest BCUT2D eigenvalue weighted by Gasteiger charge is -2.18. The molecule has 1 aromatic carbocycles. The fourth-order valence-electron chi connectivity index (χ4n) is 1.26. The first kappa shape index (κ1) is 15.2. The summed E-state index contributed by atoms with van der Waals surface area (Å²) in [6, 6.07) is 6.97. The maximum absolute atomic E-state index is 12.5. The number of thioether (sulfide) groups is 1. The minimum absolute atomic E-state index is 0.274. The van der Waals surface area contributed by atoms with Crippen LogP contribution in [0.15, 0.2) is 24.3 Å². The van der Waals surface area contributed by atoms with E-state index in [0.717, 1.165) is 17.3 Å². The standard InChI is InChI=1S/C11H12ClF3N2S/c12-9-4-2-1-3-7(9)5-18-6-8(10(16)17)11(13,14)15/h1-4,8H,5-6H2,(H3,16,17). The summed E-state index contributed by atoms with van der Waals surface area (Å²) >= 11 is 6.95. The molecule has 2 nitrogen and oxygen atoms in total. The van der Waals surface area contributed by atoms with Crippen molar-refractivity contribution >= 4 is 29.2 Å². The number of benzene rings is 1. The van der Waals surface area contributed by atoms with Gasteiger partial charge in [0.25, 0.3) is 0 Å². The highest BCUT2D eigenvalue weighted by molar-refractivity contribution is 7.98. The first-order valence-corrected chi connectivity index (χ1v) is 6.57. The third-order valence-electron chi connectivity index (χ3n) is 2.27. The van der Waals surface area contributed by atoms with E-state index in [-0.39, 0.29) is 5.75 Å². The predicted molar refractivity (Wildman–Crippen MR) is 69.1 cm³/mol. The van der Waals surface area contributed by atoms with Crippen molar-refractivity contribution in [2.45, 2.75) is 11.9 Å². The summed E-state index contributed by atoms with van der Waals surface area (Å²) in [5, 5.41) is 7.48. The minimum Gasteiger partial charge on any atom is -0.387 e. The Balaban J connectivity index is 2.55. The second-order valence-corrected chi connectivity index (χ2v) is 5.09. The van der Waals surface area contributed by atoms with Crippen LogP contribution in [-0.4, -0.2) is 17.8 Å².